The highest BCUT2D eigenvalue weighted by Crippen LogP contribution is 2.26. The van der Waals surface area contributed by atoms with Crippen LogP contribution in [0.15, 0.2) is 46.9 Å². The zero-order valence-electron chi connectivity index (χ0n) is 12.8. The van der Waals surface area contributed by atoms with Gasteiger partial charge in [0.25, 0.3) is 0 Å². The first-order chi connectivity index (χ1) is 11.0. The minimum atomic E-state index is -0.471. The average Bonchev–Trinajstić information content (AvgIpc) is 2.51. The number of hydrogen-bond acceptors (Lipinski definition) is 4. The van der Waals surface area contributed by atoms with Crippen molar-refractivity contribution in [2.75, 3.05) is 11.9 Å². The molecule has 0 radical (unpaired) electrons. The lowest BCUT2D eigenvalue weighted by atomic mass is 10.2. The van der Waals surface area contributed by atoms with Gasteiger partial charge in [-0.2, -0.15) is 0 Å². The number of anilines is 1. The number of hydrogen-bond donors (Lipinski definition) is 1. The number of esters is 1. The number of carbonyl (C=O) groups is 2. The van der Waals surface area contributed by atoms with Crippen molar-refractivity contribution >= 4 is 33.5 Å². The zero-order valence-corrected chi connectivity index (χ0v) is 14.3. The molecular formula is C17H16BrNO4. The molecule has 0 aliphatic carbocycles. The van der Waals surface area contributed by atoms with Crippen LogP contribution in [0.4, 0.5) is 5.69 Å². The Morgan fingerprint density at radius 2 is 1.83 bits per heavy atom. The van der Waals surface area contributed by atoms with Gasteiger partial charge in [-0.25, -0.2) is 4.79 Å². The van der Waals surface area contributed by atoms with E-state index in [1.165, 1.54) is 6.92 Å². The first-order valence-electron chi connectivity index (χ1n) is 7.01. The second-order valence-electron chi connectivity index (χ2n) is 4.67. The highest BCUT2D eigenvalue weighted by atomic mass is 79.9. The molecule has 2 aromatic carbocycles. The summed E-state index contributed by atoms with van der Waals surface area (Å²) in [6.45, 7) is 3.86. The molecule has 0 saturated carbocycles. The summed E-state index contributed by atoms with van der Waals surface area (Å²) in [6, 6.07) is 11.6. The molecule has 5 nitrogen and oxygen atoms in total. The SMILES string of the molecule is CCOc1ccc(C(=O)Oc2ccc(NC(C)=O)cc2)cc1Br. The van der Waals surface area contributed by atoms with Gasteiger partial charge >= 0.3 is 5.97 Å². The molecule has 0 heterocycles. The van der Waals surface area contributed by atoms with Gasteiger partial charge in [0.05, 0.1) is 16.6 Å². The molecule has 0 unspecified atom stereocenters. The summed E-state index contributed by atoms with van der Waals surface area (Å²) in [6.07, 6.45) is 0. The fourth-order valence-corrected chi connectivity index (χ4v) is 2.37. The topological polar surface area (TPSA) is 64.6 Å². The van der Waals surface area contributed by atoms with Crippen LogP contribution in [0, 0.1) is 0 Å². The first kappa shape index (κ1) is 17.0. The molecule has 2 rings (SSSR count). The Balaban J connectivity index is 2.06. The Morgan fingerprint density at radius 3 is 2.39 bits per heavy atom. The summed E-state index contributed by atoms with van der Waals surface area (Å²) >= 11 is 3.36. The summed E-state index contributed by atoms with van der Waals surface area (Å²) in [7, 11) is 0. The van der Waals surface area contributed by atoms with Crippen molar-refractivity contribution in [2.45, 2.75) is 13.8 Å². The van der Waals surface area contributed by atoms with Crippen molar-refractivity contribution in [3.05, 3.63) is 52.5 Å². The van der Waals surface area contributed by atoms with Crippen LogP contribution in [0.5, 0.6) is 11.5 Å². The maximum absolute atomic E-state index is 12.1. The summed E-state index contributed by atoms with van der Waals surface area (Å²) in [5.74, 6) is 0.438. The lowest BCUT2D eigenvalue weighted by Gasteiger charge is -2.09. The maximum Gasteiger partial charge on any atom is 0.343 e. The van der Waals surface area contributed by atoms with Crippen LogP contribution < -0.4 is 14.8 Å². The predicted octanol–water partition coefficient (Wildman–Crippen LogP) is 4.03. The second kappa shape index (κ2) is 7.78. The van der Waals surface area contributed by atoms with E-state index in [9.17, 15) is 9.59 Å². The Hall–Kier alpha value is -2.34. The maximum atomic E-state index is 12.1. The van der Waals surface area contributed by atoms with E-state index < -0.39 is 5.97 Å². The molecule has 2 aromatic rings. The van der Waals surface area contributed by atoms with E-state index in [4.69, 9.17) is 9.47 Å². The van der Waals surface area contributed by atoms with E-state index in [0.29, 0.717) is 33.8 Å². The van der Waals surface area contributed by atoms with Gasteiger partial charge in [-0.3, -0.25) is 4.79 Å². The minimum absolute atomic E-state index is 0.158. The number of nitrogens with one attached hydrogen (secondary N) is 1. The number of halogens is 1. The molecule has 0 saturated heterocycles. The molecule has 1 N–H and O–H groups in total. The van der Waals surface area contributed by atoms with E-state index in [0.717, 1.165) is 0 Å². The largest absolute Gasteiger partial charge is 0.493 e. The molecule has 1 amide bonds. The van der Waals surface area contributed by atoms with Crippen LogP contribution in [0.25, 0.3) is 0 Å². The molecule has 0 fully saturated rings. The van der Waals surface area contributed by atoms with Gasteiger partial charge in [0.2, 0.25) is 5.91 Å². The summed E-state index contributed by atoms with van der Waals surface area (Å²) < 4.78 is 11.4. The van der Waals surface area contributed by atoms with Crippen LogP contribution in [-0.4, -0.2) is 18.5 Å². The number of rotatable bonds is 5. The van der Waals surface area contributed by atoms with Gasteiger partial charge in [-0.05, 0) is 65.3 Å². The molecule has 0 bridgehead atoms. The third-order valence-electron chi connectivity index (χ3n) is 2.85. The van der Waals surface area contributed by atoms with Crippen molar-refractivity contribution in [1.82, 2.24) is 0 Å². The van der Waals surface area contributed by atoms with Gasteiger partial charge in [0.1, 0.15) is 11.5 Å². The fraction of sp³-hybridized carbons (Fsp3) is 0.176. The van der Waals surface area contributed by atoms with Crippen LogP contribution in [-0.2, 0) is 4.79 Å². The fourth-order valence-electron chi connectivity index (χ4n) is 1.88. The van der Waals surface area contributed by atoms with Gasteiger partial charge in [0, 0.05) is 12.6 Å². The van der Waals surface area contributed by atoms with Crippen molar-refractivity contribution in [3.63, 3.8) is 0 Å². The Morgan fingerprint density at radius 1 is 1.13 bits per heavy atom. The van der Waals surface area contributed by atoms with Crippen molar-refractivity contribution in [3.8, 4) is 11.5 Å². The highest BCUT2D eigenvalue weighted by molar-refractivity contribution is 9.10. The van der Waals surface area contributed by atoms with Crippen LogP contribution in [0.3, 0.4) is 0 Å². The molecule has 0 aliphatic heterocycles. The highest BCUT2D eigenvalue weighted by Gasteiger charge is 2.11. The van der Waals surface area contributed by atoms with Gasteiger partial charge in [-0.15, -0.1) is 0 Å². The first-order valence-corrected chi connectivity index (χ1v) is 7.81. The molecule has 6 heteroatoms. The van der Waals surface area contributed by atoms with Crippen LogP contribution in [0.1, 0.15) is 24.2 Å². The third kappa shape index (κ3) is 4.82. The molecular weight excluding hydrogens is 362 g/mol. The Labute approximate surface area is 142 Å². The summed E-state index contributed by atoms with van der Waals surface area (Å²) in [4.78, 5) is 23.1. The van der Waals surface area contributed by atoms with E-state index in [1.54, 1.807) is 42.5 Å². The smallest absolute Gasteiger partial charge is 0.343 e. The molecule has 0 spiro atoms. The summed E-state index contributed by atoms with van der Waals surface area (Å²) in [5, 5.41) is 2.64. The number of benzene rings is 2. The molecule has 23 heavy (non-hydrogen) atoms. The molecule has 0 aliphatic rings. The molecule has 0 atom stereocenters. The van der Waals surface area contributed by atoms with Crippen molar-refractivity contribution in [2.24, 2.45) is 0 Å². The summed E-state index contributed by atoms with van der Waals surface area (Å²) in [5.41, 5.74) is 1.05. The zero-order chi connectivity index (χ0) is 16.8. The lowest BCUT2D eigenvalue weighted by Crippen LogP contribution is -2.09. The van der Waals surface area contributed by atoms with E-state index in [1.807, 2.05) is 6.92 Å². The van der Waals surface area contributed by atoms with Gasteiger partial charge in [0.15, 0.2) is 0 Å². The van der Waals surface area contributed by atoms with Crippen LogP contribution in [0.2, 0.25) is 0 Å². The minimum Gasteiger partial charge on any atom is -0.493 e. The Bertz CT molecular complexity index is 713. The standard InChI is InChI=1S/C17H16BrNO4/c1-3-22-16-9-4-12(10-15(16)18)17(21)23-14-7-5-13(6-8-14)19-11(2)20/h4-10H,3H2,1-2H3,(H,19,20). The number of amides is 1. The predicted molar refractivity (Wildman–Crippen MR) is 91.0 cm³/mol. The van der Waals surface area contributed by atoms with Crippen molar-refractivity contribution < 1.29 is 19.1 Å². The van der Waals surface area contributed by atoms with E-state index >= 15 is 0 Å². The number of carbonyl (C=O) groups excluding carboxylic acids is 2. The lowest BCUT2D eigenvalue weighted by molar-refractivity contribution is -0.114. The monoisotopic (exact) mass is 377 g/mol. The third-order valence-corrected chi connectivity index (χ3v) is 3.47. The second-order valence-corrected chi connectivity index (χ2v) is 5.53. The molecule has 0 aromatic heterocycles. The van der Waals surface area contributed by atoms with Crippen molar-refractivity contribution in [1.29, 1.82) is 0 Å². The quantitative estimate of drug-likeness (QED) is 0.631. The Kier molecular flexibility index (Phi) is 5.76. The average molecular weight is 378 g/mol. The van der Waals surface area contributed by atoms with Gasteiger partial charge in [-0.1, -0.05) is 0 Å². The van der Waals surface area contributed by atoms with E-state index in [2.05, 4.69) is 21.2 Å². The van der Waals surface area contributed by atoms with Gasteiger partial charge < -0.3 is 14.8 Å². The van der Waals surface area contributed by atoms with E-state index in [-0.39, 0.29) is 5.91 Å². The molecule has 120 valence electrons. The van der Waals surface area contributed by atoms with Crippen LogP contribution >= 0.6 is 15.9 Å². The number of ether oxygens (including phenoxy) is 2. The normalized spacial score (nSPS) is 10.0.